The summed E-state index contributed by atoms with van der Waals surface area (Å²) < 4.78 is 9.90. The van der Waals surface area contributed by atoms with Gasteiger partial charge in [0.2, 0.25) is 0 Å². The smallest absolute Gasteiger partial charge is 0.330 e. The number of rotatable bonds is 3. The van der Waals surface area contributed by atoms with Crippen LogP contribution in [0.4, 0.5) is 0 Å². The molecule has 0 atom stereocenters. The van der Waals surface area contributed by atoms with E-state index in [1.807, 2.05) is 12.1 Å². The number of benzene rings is 2. The number of esters is 1. The Morgan fingerprint density at radius 3 is 2.68 bits per heavy atom. The summed E-state index contributed by atoms with van der Waals surface area (Å²) in [6.45, 7) is 2.90. The summed E-state index contributed by atoms with van der Waals surface area (Å²) in [6, 6.07) is 14.6. The molecule has 0 saturated heterocycles. The molecule has 0 radical (unpaired) electrons. The monoisotopic (exact) mass is 298 g/mol. The van der Waals surface area contributed by atoms with Crippen LogP contribution >= 0.6 is 0 Å². The largest absolute Gasteiger partial charge is 0.508 e. The number of phenolic OH excluding ortho intramolecular Hbond substituents is 1. The summed E-state index contributed by atoms with van der Waals surface area (Å²) >= 11 is 0. The average Bonchev–Trinajstić information content (AvgIpc) is 2.86. The summed E-state index contributed by atoms with van der Waals surface area (Å²) in [5, 5.41) is 9.00. The zero-order chi connectivity index (χ0) is 15.8. The number of carbonyl (C=O) groups is 1. The van der Waals surface area contributed by atoms with E-state index in [4.69, 9.17) is 14.6 Å². The SMILES string of the molecule is CCOC(=O)C=Cc1ccc(O)cc1.c1cc2cc(c1)OC2. The number of aromatic hydroxyl groups is 1. The van der Waals surface area contributed by atoms with Crippen LogP contribution in [-0.2, 0) is 16.1 Å². The van der Waals surface area contributed by atoms with Gasteiger partial charge in [-0.05, 0) is 48.4 Å². The molecule has 1 aliphatic heterocycles. The Morgan fingerprint density at radius 1 is 1.27 bits per heavy atom. The fourth-order valence-corrected chi connectivity index (χ4v) is 1.83. The maximum absolute atomic E-state index is 10.9. The van der Waals surface area contributed by atoms with Crippen LogP contribution in [0.3, 0.4) is 0 Å². The van der Waals surface area contributed by atoms with E-state index < -0.39 is 0 Å². The van der Waals surface area contributed by atoms with Crippen LogP contribution in [0.2, 0.25) is 0 Å². The van der Waals surface area contributed by atoms with Gasteiger partial charge in [-0.1, -0.05) is 24.3 Å². The van der Waals surface area contributed by atoms with Gasteiger partial charge in [0.15, 0.2) is 0 Å². The normalized spacial score (nSPS) is 11.5. The lowest BCUT2D eigenvalue weighted by molar-refractivity contribution is -0.137. The number of phenols is 1. The van der Waals surface area contributed by atoms with E-state index in [0.717, 1.165) is 17.9 Å². The number of fused-ring (bicyclic) bond motifs is 2. The van der Waals surface area contributed by atoms with Crippen LogP contribution in [0.25, 0.3) is 6.08 Å². The van der Waals surface area contributed by atoms with Crippen LogP contribution < -0.4 is 4.74 Å². The minimum atomic E-state index is -0.361. The second-order valence-corrected chi connectivity index (χ2v) is 4.61. The highest BCUT2D eigenvalue weighted by Gasteiger charge is 2.03. The topological polar surface area (TPSA) is 55.8 Å². The van der Waals surface area contributed by atoms with E-state index in [9.17, 15) is 4.79 Å². The van der Waals surface area contributed by atoms with Crippen molar-refractivity contribution in [2.75, 3.05) is 6.61 Å². The molecular weight excluding hydrogens is 280 g/mol. The van der Waals surface area contributed by atoms with Gasteiger partial charge in [0.05, 0.1) is 6.61 Å². The lowest BCUT2D eigenvalue weighted by Gasteiger charge is -1.95. The Balaban J connectivity index is 0.000000183. The number of hydrogen-bond acceptors (Lipinski definition) is 4. The Hall–Kier alpha value is -2.75. The molecule has 0 aromatic heterocycles. The minimum Gasteiger partial charge on any atom is -0.508 e. The van der Waals surface area contributed by atoms with E-state index in [0.29, 0.717) is 6.61 Å². The third kappa shape index (κ3) is 4.98. The third-order valence-electron chi connectivity index (χ3n) is 2.90. The van der Waals surface area contributed by atoms with Gasteiger partial charge in [0.25, 0.3) is 0 Å². The minimum absolute atomic E-state index is 0.207. The zero-order valence-corrected chi connectivity index (χ0v) is 12.4. The van der Waals surface area contributed by atoms with Crippen molar-refractivity contribution in [1.82, 2.24) is 0 Å². The molecule has 0 fully saturated rings. The fourth-order valence-electron chi connectivity index (χ4n) is 1.83. The summed E-state index contributed by atoms with van der Waals surface area (Å²) in [5.74, 6) is 0.848. The second-order valence-electron chi connectivity index (χ2n) is 4.61. The highest BCUT2D eigenvalue weighted by atomic mass is 16.5. The molecule has 1 N–H and O–H groups in total. The Kier molecular flexibility index (Phi) is 5.60. The molecular formula is C18H18O4. The molecule has 0 spiro atoms. The average molecular weight is 298 g/mol. The molecule has 0 amide bonds. The van der Waals surface area contributed by atoms with Crippen molar-refractivity contribution < 1.29 is 19.4 Å². The first-order valence-electron chi connectivity index (χ1n) is 7.03. The lowest BCUT2D eigenvalue weighted by Crippen LogP contribution is -1.98. The van der Waals surface area contributed by atoms with Crippen molar-refractivity contribution in [1.29, 1.82) is 0 Å². The first kappa shape index (κ1) is 15.6. The maximum atomic E-state index is 10.9. The quantitative estimate of drug-likeness (QED) is 0.695. The Morgan fingerprint density at radius 2 is 2.05 bits per heavy atom. The van der Waals surface area contributed by atoms with Gasteiger partial charge in [0.1, 0.15) is 18.1 Å². The molecule has 1 heterocycles. The van der Waals surface area contributed by atoms with Crippen molar-refractivity contribution in [2.45, 2.75) is 13.5 Å². The molecule has 0 saturated carbocycles. The lowest BCUT2D eigenvalue weighted by atomic mass is 10.2. The van der Waals surface area contributed by atoms with Crippen LogP contribution in [0, 0.1) is 0 Å². The molecule has 2 aromatic carbocycles. The van der Waals surface area contributed by atoms with Crippen molar-refractivity contribution in [3.05, 3.63) is 65.7 Å². The van der Waals surface area contributed by atoms with Gasteiger partial charge in [-0.15, -0.1) is 0 Å². The molecule has 22 heavy (non-hydrogen) atoms. The van der Waals surface area contributed by atoms with Gasteiger partial charge < -0.3 is 14.6 Å². The van der Waals surface area contributed by atoms with E-state index in [1.54, 1.807) is 37.3 Å². The molecule has 4 nitrogen and oxygen atoms in total. The second kappa shape index (κ2) is 7.88. The van der Waals surface area contributed by atoms with Crippen molar-refractivity contribution in [3.8, 4) is 11.5 Å². The summed E-state index contributed by atoms with van der Waals surface area (Å²) in [7, 11) is 0. The first-order chi connectivity index (χ1) is 10.7. The van der Waals surface area contributed by atoms with Crippen LogP contribution in [0.5, 0.6) is 11.5 Å². The van der Waals surface area contributed by atoms with Crippen LogP contribution in [-0.4, -0.2) is 17.7 Å². The Bertz CT molecular complexity index is 625. The van der Waals surface area contributed by atoms with Crippen molar-refractivity contribution in [2.24, 2.45) is 0 Å². The highest BCUT2D eigenvalue weighted by molar-refractivity contribution is 5.87. The number of hydrogen-bond donors (Lipinski definition) is 1. The number of carbonyl (C=O) groups excluding carboxylic acids is 1. The molecule has 2 aromatic rings. The molecule has 0 aliphatic carbocycles. The van der Waals surface area contributed by atoms with Gasteiger partial charge in [-0.25, -0.2) is 4.79 Å². The molecule has 2 bridgehead atoms. The summed E-state index contributed by atoms with van der Waals surface area (Å²) in [5.41, 5.74) is 2.12. The van der Waals surface area contributed by atoms with E-state index in [2.05, 4.69) is 12.1 Å². The number of ether oxygens (including phenoxy) is 2. The van der Waals surface area contributed by atoms with E-state index >= 15 is 0 Å². The van der Waals surface area contributed by atoms with Gasteiger partial charge in [-0.3, -0.25) is 0 Å². The molecule has 114 valence electrons. The van der Waals surface area contributed by atoms with Crippen LogP contribution in [0.15, 0.2) is 54.6 Å². The van der Waals surface area contributed by atoms with Crippen molar-refractivity contribution >= 4 is 12.0 Å². The van der Waals surface area contributed by atoms with Gasteiger partial charge >= 0.3 is 5.97 Å². The molecule has 4 heteroatoms. The van der Waals surface area contributed by atoms with E-state index in [1.165, 1.54) is 11.6 Å². The maximum Gasteiger partial charge on any atom is 0.330 e. The molecule has 0 unspecified atom stereocenters. The van der Waals surface area contributed by atoms with Crippen LogP contribution in [0.1, 0.15) is 18.1 Å². The van der Waals surface area contributed by atoms with Gasteiger partial charge in [-0.2, -0.15) is 0 Å². The zero-order valence-electron chi connectivity index (χ0n) is 12.4. The standard InChI is InChI=1S/C11H12O3.C7H6O/c1-2-14-11(13)8-5-9-3-6-10(12)7-4-9;1-2-6-4-7(3-1)8-5-6/h3-8,12H,2H2,1H3;1-4H,5H2. The Labute approximate surface area is 129 Å². The van der Waals surface area contributed by atoms with Gasteiger partial charge in [0, 0.05) is 6.08 Å². The first-order valence-corrected chi connectivity index (χ1v) is 7.03. The summed E-state index contributed by atoms with van der Waals surface area (Å²) in [6.07, 6.45) is 2.99. The molecule has 1 aliphatic rings. The summed E-state index contributed by atoms with van der Waals surface area (Å²) in [4.78, 5) is 10.9. The van der Waals surface area contributed by atoms with E-state index in [-0.39, 0.29) is 11.7 Å². The predicted molar refractivity (Wildman–Crippen MR) is 84.5 cm³/mol. The van der Waals surface area contributed by atoms with Crippen molar-refractivity contribution in [3.63, 3.8) is 0 Å². The molecule has 3 rings (SSSR count). The fraction of sp³-hybridized carbons (Fsp3) is 0.167. The highest BCUT2D eigenvalue weighted by Crippen LogP contribution is 2.20. The predicted octanol–water partition coefficient (Wildman–Crippen LogP) is 3.55. The third-order valence-corrected chi connectivity index (χ3v) is 2.90.